The second-order valence-electron chi connectivity index (χ2n) is 7.29. The van der Waals surface area contributed by atoms with Gasteiger partial charge in [-0.25, -0.2) is 9.78 Å². The van der Waals surface area contributed by atoms with Crippen LogP contribution in [0.3, 0.4) is 0 Å². The van der Waals surface area contributed by atoms with E-state index < -0.39 is 5.60 Å². The molecule has 0 saturated carbocycles. The molecule has 0 spiro atoms. The number of rotatable bonds is 3. The molecule has 1 N–H and O–H groups in total. The molecule has 2 atom stereocenters. The molecule has 2 saturated heterocycles. The van der Waals surface area contributed by atoms with Gasteiger partial charge in [-0.15, -0.1) is 0 Å². The van der Waals surface area contributed by atoms with Crippen LogP contribution in [0.5, 0.6) is 0 Å². The minimum Gasteiger partial charge on any atom is -0.445 e. The van der Waals surface area contributed by atoms with Crippen LogP contribution >= 0.6 is 0 Å². The Morgan fingerprint density at radius 3 is 2.56 bits per heavy atom. The number of pyridine rings is 1. The van der Waals surface area contributed by atoms with Crippen LogP contribution < -0.4 is 0 Å². The molecule has 2 aromatic rings. The van der Waals surface area contributed by atoms with Gasteiger partial charge in [0.25, 0.3) is 0 Å². The summed E-state index contributed by atoms with van der Waals surface area (Å²) < 4.78 is 5.51. The fourth-order valence-electron chi connectivity index (χ4n) is 4.28. The van der Waals surface area contributed by atoms with E-state index in [0.29, 0.717) is 18.5 Å². The Morgan fingerprint density at radius 2 is 1.89 bits per heavy atom. The second kappa shape index (κ2) is 7.01. The molecule has 4 rings (SSSR count). The van der Waals surface area contributed by atoms with Gasteiger partial charge in [-0.05, 0) is 30.5 Å². The van der Waals surface area contributed by atoms with Gasteiger partial charge in [0, 0.05) is 24.9 Å². The number of fused-ring (bicyclic) bond motifs is 2. The van der Waals surface area contributed by atoms with Crippen LogP contribution in [0.1, 0.15) is 42.6 Å². The first-order valence-corrected chi connectivity index (χ1v) is 9.18. The Balaban J connectivity index is 1.47. The maximum atomic E-state index is 12.6. The van der Waals surface area contributed by atoms with Crippen molar-refractivity contribution in [2.75, 3.05) is 0 Å². The number of benzene rings is 1. The van der Waals surface area contributed by atoms with E-state index in [1.54, 1.807) is 23.1 Å². The van der Waals surface area contributed by atoms with Gasteiger partial charge in [-0.2, -0.15) is 5.26 Å². The number of hydrogen-bond acceptors (Lipinski definition) is 5. The summed E-state index contributed by atoms with van der Waals surface area (Å²) in [6.45, 7) is 0.242. The molecule has 2 bridgehead atoms. The summed E-state index contributed by atoms with van der Waals surface area (Å²) in [5, 5.41) is 20.3. The minimum atomic E-state index is -1.12. The third-order valence-electron chi connectivity index (χ3n) is 5.52. The lowest BCUT2D eigenvalue weighted by molar-refractivity contribution is -0.0564. The highest BCUT2D eigenvalue weighted by atomic mass is 16.6. The van der Waals surface area contributed by atoms with Crippen molar-refractivity contribution in [2.24, 2.45) is 0 Å². The van der Waals surface area contributed by atoms with Crippen LogP contribution in [0.15, 0.2) is 48.5 Å². The zero-order valence-corrected chi connectivity index (χ0v) is 14.9. The molecule has 0 radical (unpaired) electrons. The van der Waals surface area contributed by atoms with Gasteiger partial charge >= 0.3 is 6.09 Å². The average Bonchev–Trinajstić information content (AvgIpc) is 2.99. The molecule has 0 aliphatic carbocycles. The highest BCUT2D eigenvalue weighted by Crippen LogP contribution is 2.45. The first-order chi connectivity index (χ1) is 13.1. The number of amides is 1. The number of carbonyl (C=O) groups excluding carboxylic acids is 1. The summed E-state index contributed by atoms with van der Waals surface area (Å²) in [5.41, 5.74) is 0.632. The fraction of sp³-hybridized carbons (Fsp3) is 0.381. The number of aliphatic hydroxyl groups is 1. The molecule has 2 aliphatic heterocycles. The number of hydrogen-bond donors (Lipinski definition) is 1. The number of carbonyl (C=O) groups is 1. The van der Waals surface area contributed by atoms with E-state index in [4.69, 9.17) is 10.00 Å². The van der Waals surface area contributed by atoms with Gasteiger partial charge in [0.1, 0.15) is 24.0 Å². The minimum absolute atomic E-state index is 0.0791. The van der Waals surface area contributed by atoms with E-state index in [1.165, 1.54) is 0 Å². The third kappa shape index (κ3) is 3.38. The Bertz CT molecular complexity index is 864. The van der Waals surface area contributed by atoms with Crippen molar-refractivity contribution >= 4 is 6.09 Å². The summed E-state index contributed by atoms with van der Waals surface area (Å²) in [6, 6.07) is 16.6. The van der Waals surface area contributed by atoms with Gasteiger partial charge in [0.2, 0.25) is 0 Å². The molecule has 1 aromatic carbocycles. The van der Waals surface area contributed by atoms with Gasteiger partial charge in [-0.3, -0.25) is 0 Å². The highest BCUT2D eigenvalue weighted by Gasteiger charge is 2.51. The maximum Gasteiger partial charge on any atom is 0.410 e. The fourth-order valence-corrected chi connectivity index (χ4v) is 4.28. The smallest absolute Gasteiger partial charge is 0.410 e. The molecule has 27 heavy (non-hydrogen) atoms. The molecule has 2 unspecified atom stereocenters. The second-order valence-corrected chi connectivity index (χ2v) is 7.29. The molecule has 2 fully saturated rings. The summed E-state index contributed by atoms with van der Waals surface area (Å²) in [4.78, 5) is 18.7. The molecule has 1 amide bonds. The van der Waals surface area contributed by atoms with E-state index in [9.17, 15) is 9.90 Å². The first kappa shape index (κ1) is 17.5. The van der Waals surface area contributed by atoms with Crippen LogP contribution in [0.25, 0.3) is 0 Å². The Kier molecular flexibility index (Phi) is 4.54. The molecule has 2 aliphatic rings. The lowest BCUT2D eigenvalue weighted by atomic mass is 9.83. The van der Waals surface area contributed by atoms with Gasteiger partial charge in [-0.1, -0.05) is 36.4 Å². The number of piperidine rings is 1. The maximum absolute atomic E-state index is 12.6. The van der Waals surface area contributed by atoms with Crippen molar-refractivity contribution in [3.05, 3.63) is 65.5 Å². The average molecular weight is 363 g/mol. The summed E-state index contributed by atoms with van der Waals surface area (Å²) in [5.74, 6) is 0. The van der Waals surface area contributed by atoms with Crippen LogP contribution in [-0.2, 0) is 16.9 Å². The predicted octanol–water partition coefficient (Wildman–Crippen LogP) is 3.10. The van der Waals surface area contributed by atoms with Crippen molar-refractivity contribution in [3.8, 4) is 6.07 Å². The quantitative estimate of drug-likeness (QED) is 0.905. The van der Waals surface area contributed by atoms with Crippen LogP contribution in [0, 0.1) is 11.3 Å². The van der Waals surface area contributed by atoms with Crippen molar-refractivity contribution in [2.45, 2.75) is 50.0 Å². The lowest BCUT2D eigenvalue weighted by Crippen LogP contribution is -2.52. The van der Waals surface area contributed by atoms with Gasteiger partial charge < -0.3 is 14.7 Å². The third-order valence-corrected chi connectivity index (χ3v) is 5.52. The Hall–Kier alpha value is -2.91. The number of ether oxygens (including phenoxy) is 1. The van der Waals surface area contributed by atoms with E-state index in [2.05, 4.69) is 4.98 Å². The van der Waals surface area contributed by atoms with Crippen molar-refractivity contribution < 1.29 is 14.6 Å². The SMILES string of the molecule is N#Cc1cccc(C2(O)CC3CCC(C2)N3C(=O)OCc2ccccc2)n1. The topological polar surface area (TPSA) is 86.5 Å². The Labute approximate surface area is 158 Å². The molecular weight excluding hydrogens is 342 g/mol. The molecular formula is C21H21N3O3. The molecule has 3 heterocycles. The van der Waals surface area contributed by atoms with E-state index >= 15 is 0 Å². The van der Waals surface area contributed by atoms with Crippen LogP contribution in [-0.4, -0.2) is 33.2 Å². The summed E-state index contributed by atoms with van der Waals surface area (Å²) >= 11 is 0. The number of aromatic nitrogens is 1. The number of nitriles is 1. The zero-order valence-electron chi connectivity index (χ0n) is 14.9. The summed E-state index contributed by atoms with van der Waals surface area (Å²) in [7, 11) is 0. The van der Waals surface area contributed by atoms with Crippen LogP contribution in [0.2, 0.25) is 0 Å². The molecule has 138 valence electrons. The zero-order chi connectivity index (χ0) is 18.9. The number of nitrogens with zero attached hydrogens (tertiary/aromatic N) is 3. The van der Waals surface area contributed by atoms with E-state index in [0.717, 1.165) is 18.4 Å². The molecule has 1 aromatic heterocycles. The standard InChI is InChI=1S/C21H21N3O3/c22-13-16-7-4-8-19(23-16)21(26)11-17-9-10-18(12-21)24(17)20(25)27-14-15-5-2-1-3-6-15/h1-8,17-18,26H,9-12,14H2. The van der Waals surface area contributed by atoms with E-state index in [-0.39, 0.29) is 30.5 Å². The summed E-state index contributed by atoms with van der Waals surface area (Å²) in [6.07, 6.45) is 2.17. The molecule has 6 heteroatoms. The lowest BCUT2D eigenvalue weighted by Gasteiger charge is -2.42. The predicted molar refractivity (Wildman–Crippen MR) is 97.4 cm³/mol. The van der Waals surface area contributed by atoms with Gasteiger partial charge in [0.15, 0.2) is 0 Å². The van der Waals surface area contributed by atoms with Gasteiger partial charge in [0.05, 0.1) is 5.69 Å². The first-order valence-electron chi connectivity index (χ1n) is 9.18. The van der Waals surface area contributed by atoms with Crippen molar-refractivity contribution in [1.82, 2.24) is 9.88 Å². The largest absolute Gasteiger partial charge is 0.445 e. The normalized spacial score (nSPS) is 26.4. The molecule has 6 nitrogen and oxygen atoms in total. The van der Waals surface area contributed by atoms with Crippen molar-refractivity contribution in [1.29, 1.82) is 5.26 Å². The van der Waals surface area contributed by atoms with Crippen molar-refractivity contribution in [3.63, 3.8) is 0 Å². The monoisotopic (exact) mass is 363 g/mol. The van der Waals surface area contributed by atoms with Crippen LogP contribution in [0.4, 0.5) is 4.79 Å². The van der Waals surface area contributed by atoms with E-state index in [1.807, 2.05) is 36.4 Å². The highest BCUT2D eigenvalue weighted by molar-refractivity contribution is 5.69. The Morgan fingerprint density at radius 1 is 1.19 bits per heavy atom.